The molecule has 0 aliphatic heterocycles. The lowest BCUT2D eigenvalue weighted by Gasteiger charge is -2.30. The molecule has 8 heteroatoms. The molecule has 2 saturated carbocycles. The minimum Gasteiger partial charge on any atom is -0.446 e. The fourth-order valence-electron chi connectivity index (χ4n) is 4.50. The number of ether oxygens (including phenoxy) is 2. The Bertz CT molecular complexity index is 1170. The number of rotatable bonds is 7. The van der Waals surface area contributed by atoms with Crippen molar-refractivity contribution in [2.45, 2.75) is 57.8 Å². The first-order valence-electron chi connectivity index (χ1n) is 11.4. The number of carbonyl (C=O) groups excluding carboxylic acids is 1. The van der Waals surface area contributed by atoms with E-state index in [1.165, 1.54) is 0 Å². The van der Waals surface area contributed by atoms with Crippen molar-refractivity contribution in [1.29, 1.82) is 0 Å². The Morgan fingerprint density at radius 2 is 1.85 bits per heavy atom. The molecule has 0 bridgehead atoms. The number of nitrogens with two attached hydrogens (primary N) is 1. The lowest BCUT2D eigenvalue weighted by molar-refractivity contribution is -0.0497. The first kappa shape index (κ1) is 21.6. The van der Waals surface area contributed by atoms with E-state index in [-0.39, 0.29) is 11.9 Å². The van der Waals surface area contributed by atoms with E-state index < -0.39 is 12.7 Å². The molecule has 0 saturated heterocycles. The summed E-state index contributed by atoms with van der Waals surface area (Å²) in [5.74, 6) is 0.557. The molecule has 1 aromatic heterocycles. The number of aromatic nitrogens is 1. The molecule has 0 spiro atoms. The van der Waals surface area contributed by atoms with E-state index in [4.69, 9.17) is 10.5 Å². The van der Waals surface area contributed by atoms with Crippen molar-refractivity contribution in [1.82, 2.24) is 4.57 Å². The summed E-state index contributed by atoms with van der Waals surface area (Å²) in [6.45, 7) is -0.976. The van der Waals surface area contributed by atoms with Gasteiger partial charge in [-0.3, -0.25) is 5.32 Å². The van der Waals surface area contributed by atoms with Crippen molar-refractivity contribution < 1.29 is 23.0 Å². The van der Waals surface area contributed by atoms with Crippen LogP contribution >= 0.6 is 0 Å². The van der Waals surface area contributed by atoms with Gasteiger partial charge in [-0.15, -0.1) is 0 Å². The lowest BCUT2D eigenvalue weighted by Crippen LogP contribution is -2.21. The van der Waals surface area contributed by atoms with E-state index in [1.807, 2.05) is 31.2 Å². The number of hydrogen-bond donors (Lipinski definition) is 2. The summed E-state index contributed by atoms with van der Waals surface area (Å²) >= 11 is 0. The molecule has 33 heavy (non-hydrogen) atoms. The van der Waals surface area contributed by atoms with Crippen LogP contribution in [-0.2, 0) is 4.74 Å². The number of hydrogen-bond acceptors (Lipinski definition) is 4. The predicted molar refractivity (Wildman–Crippen MR) is 124 cm³/mol. The maximum absolute atomic E-state index is 12.7. The molecule has 2 fully saturated rings. The fourth-order valence-corrected chi connectivity index (χ4v) is 4.50. The van der Waals surface area contributed by atoms with Crippen LogP contribution in [0.2, 0.25) is 0 Å². The van der Waals surface area contributed by atoms with E-state index in [0.29, 0.717) is 28.7 Å². The van der Waals surface area contributed by atoms with Crippen LogP contribution in [0.3, 0.4) is 0 Å². The van der Waals surface area contributed by atoms with Crippen LogP contribution in [0.1, 0.15) is 45.1 Å². The normalized spacial score (nSPS) is 17.1. The minimum absolute atomic E-state index is 0.0822. The van der Waals surface area contributed by atoms with Gasteiger partial charge in [0, 0.05) is 22.7 Å². The number of nitrogen functional groups attached to an aromatic ring is 1. The van der Waals surface area contributed by atoms with Gasteiger partial charge >= 0.3 is 12.7 Å². The quantitative estimate of drug-likeness (QED) is 0.423. The van der Waals surface area contributed by atoms with Gasteiger partial charge in [-0.1, -0.05) is 12.1 Å². The highest BCUT2D eigenvalue weighted by Crippen LogP contribution is 2.45. The Morgan fingerprint density at radius 1 is 1.12 bits per heavy atom. The molecule has 2 aliphatic carbocycles. The molecule has 2 aliphatic rings. The average Bonchev–Trinajstić information content (AvgIpc) is 3.54. The molecule has 3 aromatic rings. The first-order valence-corrected chi connectivity index (χ1v) is 11.4. The van der Waals surface area contributed by atoms with E-state index in [0.717, 1.165) is 48.9 Å². The molecule has 6 nitrogen and oxygen atoms in total. The molecule has 1 atom stereocenters. The third-order valence-corrected chi connectivity index (χ3v) is 6.66. The molecular weight excluding hydrogens is 428 g/mol. The zero-order chi connectivity index (χ0) is 23.1. The summed E-state index contributed by atoms with van der Waals surface area (Å²) in [5, 5.41) is 3.46. The summed E-state index contributed by atoms with van der Waals surface area (Å²) in [4.78, 5) is 12.2. The van der Waals surface area contributed by atoms with E-state index >= 15 is 0 Å². The van der Waals surface area contributed by atoms with E-state index in [1.54, 1.807) is 18.2 Å². The molecule has 3 N–H and O–H groups in total. The molecule has 2 aromatic carbocycles. The Morgan fingerprint density at radius 3 is 2.45 bits per heavy atom. The largest absolute Gasteiger partial charge is 0.446 e. The predicted octanol–water partition coefficient (Wildman–Crippen LogP) is 6.56. The highest BCUT2D eigenvalue weighted by Gasteiger charge is 2.31. The number of nitrogens with one attached hydrogen (secondary N) is 1. The van der Waals surface area contributed by atoms with Crippen molar-refractivity contribution in [3.05, 3.63) is 42.5 Å². The van der Waals surface area contributed by atoms with Gasteiger partial charge in [0.15, 0.2) is 0 Å². The molecule has 1 heterocycles. The number of halogens is 2. The van der Waals surface area contributed by atoms with Gasteiger partial charge in [0.1, 0.15) is 11.9 Å². The van der Waals surface area contributed by atoms with Crippen molar-refractivity contribution in [3.63, 3.8) is 0 Å². The van der Waals surface area contributed by atoms with Gasteiger partial charge in [-0.2, -0.15) is 8.78 Å². The molecule has 0 unspecified atom stereocenters. The smallest absolute Gasteiger partial charge is 0.411 e. The topological polar surface area (TPSA) is 78.5 Å². The van der Waals surface area contributed by atoms with Crippen LogP contribution in [0.5, 0.6) is 5.75 Å². The molecule has 5 rings (SSSR count). The summed E-state index contributed by atoms with van der Waals surface area (Å²) in [7, 11) is 0. The maximum atomic E-state index is 12.7. The Hall–Kier alpha value is -3.29. The van der Waals surface area contributed by atoms with Crippen LogP contribution in [0.4, 0.5) is 25.0 Å². The summed E-state index contributed by atoms with van der Waals surface area (Å²) in [6.07, 6.45) is 4.88. The van der Waals surface area contributed by atoms with Crippen LogP contribution in [-0.4, -0.2) is 23.4 Å². The third kappa shape index (κ3) is 4.34. The van der Waals surface area contributed by atoms with E-state index in [9.17, 15) is 13.6 Å². The second-order valence-corrected chi connectivity index (χ2v) is 8.92. The Kier molecular flexibility index (Phi) is 5.60. The second kappa shape index (κ2) is 8.57. The minimum atomic E-state index is -2.89. The van der Waals surface area contributed by atoms with Gasteiger partial charge in [0.25, 0.3) is 0 Å². The van der Waals surface area contributed by atoms with Crippen LogP contribution in [0, 0.1) is 5.92 Å². The number of benzene rings is 2. The molecule has 0 radical (unpaired) electrons. The monoisotopic (exact) mass is 455 g/mol. The van der Waals surface area contributed by atoms with Crippen molar-refractivity contribution in [2.75, 3.05) is 11.1 Å². The number of amides is 1. The van der Waals surface area contributed by atoms with Crippen LogP contribution in [0.25, 0.3) is 22.2 Å². The molecule has 1 amide bonds. The van der Waals surface area contributed by atoms with E-state index in [2.05, 4.69) is 14.6 Å². The fraction of sp³-hybridized carbons (Fsp3) is 0.400. The van der Waals surface area contributed by atoms with Crippen molar-refractivity contribution in [3.8, 4) is 17.0 Å². The first-order chi connectivity index (χ1) is 15.9. The summed E-state index contributed by atoms with van der Waals surface area (Å²) < 4.78 is 37.6. The zero-order valence-corrected chi connectivity index (χ0v) is 18.4. The number of fused-ring (bicyclic) bond motifs is 1. The van der Waals surface area contributed by atoms with Gasteiger partial charge < -0.3 is 19.8 Å². The third-order valence-electron chi connectivity index (χ3n) is 6.66. The summed E-state index contributed by atoms with van der Waals surface area (Å²) in [5.41, 5.74) is 10.3. The lowest BCUT2D eigenvalue weighted by atomic mass is 9.92. The van der Waals surface area contributed by atoms with Crippen molar-refractivity contribution >= 4 is 28.4 Å². The number of nitrogens with zero attached hydrogens (tertiary/aromatic N) is 1. The average molecular weight is 456 g/mol. The van der Waals surface area contributed by atoms with Crippen LogP contribution < -0.4 is 15.8 Å². The second-order valence-electron chi connectivity index (χ2n) is 8.92. The maximum Gasteiger partial charge on any atom is 0.411 e. The zero-order valence-electron chi connectivity index (χ0n) is 18.4. The number of carbonyl (C=O) groups is 1. The highest BCUT2D eigenvalue weighted by atomic mass is 19.3. The SMILES string of the molecule is C[C@@H](OC(=O)Nc1ccc(-c2c(N)c3cc(OC(F)F)ccc3n2C2CCC2)cc1)C1CC1. The Balaban J connectivity index is 1.44. The molecule has 174 valence electrons. The Labute approximate surface area is 190 Å². The molecular formula is C25H27F2N3O3. The van der Waals surface area contributed by atoms with Gasteiger partial charge in [0.05, 0.1) is 16.9 Å². The van der Waals surface area contributed by atoms with Crippen LogP contribution in [0.15, 0.2) is 42.5 Å². The van der Waals surface area contributed by atoms with Gasteiger partial charge in [-0.05, 0) is 75.3 Å². The summed E-state index contributed by atoms with van der Waals surface area (Å²) in [6, 6.07) is 12.6. The van der Waals surface area contributed by atoms with Gasteiger partial charge in [0.2, 0.25) is 0 Å². The van der Waals surface area contributed by atoms with Gasteiger partial charge in [-0.25, -0.2) is 4.79 Å². The standard InChI is InChI=1S/C25H27F2N3O3/c1-14(15-5-6-15)32-25(31)29-17-9-7-16(8-10-17)23-22(28)20-13-19(33-24(26)27)11-12-21(20)30(23)18-3-2-4-18/h7-15,18,24H,2-6,28H2,1H3,(H,29,31)/t14-/m1/s1. The number of alkyl halides is 2. The van der Waals surface area contributed by atoms with Crippen molar-refractivity contribution in [2.24, 2.45) is 5.92 Å². The highest BCUT2D eigenvalue weighted by molar-refractivity contribution is 6.02. The number of anilines is 2.